The number of rotatable bonds is 7. The van der Waals surface area contributed by atoms with Crippen molar-refractivity contribution in [1.82, 2.24) is 10.2 Å². The van der Waals surface area contributed by atoms with E-state index in [1.807, 2.05) is 18.2 Å². The third kappa shape index (κ3) is 4.26. The molecule has 1 heterocycles. The second-order valence-electron chi connectivity index (χ2n) is 8.47. The number of nitrogens with zero attached hydrogens (tertiary/aromatic N) is 1. The van der Waals surface area contributed by atoms with Crippen LogP contribution in [-0.4, -0.2) is 29.8 Å². The van der Waals surface area contributed by atoms with Crippen molar-refractivity contribution < 1.29 is 9.59 Å². The molecule has 0 spiro atoms. The van der Waals surface area contributed by atoms with Crippen LogP contribution < -0.4 is 5.32 Å². The van der Waals surface area contributed by atoms with E-state index in [4.69, 9.17) is 0 Å². The molecule has 4 heteroatoms. The molecule has 2 fully saturated rings. The number of carbonyl (C=O) groups is 2. The molecule has 4 nitrogen and oxygen atoms in total. The number of amides is 2. The van der Waals surface area contributed by atoms with Crippen LogP contribution in [-0.2, 0) is 16.0 Å². The van der Waals surface area contributed by atoms with Gasteiger partial charge in [-0.25, -0.2) is 0 Å². The largest absolute Gasteiger partial charge is 0.355 e. The smallest absolute Gasteiger partial charge is 0.226 e. The summed E-state index contributed by atoms with van der Waals surface area (Å²) in [6.45, 7) is 1.55. The molecule has 4 rings (SSSR count). The molecule has 0 bridgehead atoms. The number of benzene rings is 1. The molecule has 0 radical (unpaired) electrons. The number of carbonyl (C=O) groups excluding carboxylic acids is 2. The Morgan fingerprint density at radius 3 is 2.78 bits per heavy atom. The maximum atomic E-state index is 12.5. The monoisotopic (exact) mass is 366 g/mol. The van der Waals surface area contributed by atoms with E-state index in [1.54, 1.807) is 0 Å². The molecule has 1 unspecified atom stereocenters. The van der Waals surface area contributed by atoms with Crippen molar-refractivity contribution in [3.63, 3.8) is 0 Å². The zero-order valence-electron chi connectivity index (χ0n) is 16.1. The highest BCUT2D eigenvalue weighted by atomic mass is 16.2. The summed E-state index contributed by atoms with van der Waals surface area (Å²) in [6, 6.07) is 10.2. The van der Waals surface area contributed by atoms with Crippen LogP contribution >= 0.6 is 0 Å². The third-order valence-corrected chi connectivity index (χ3v) is 6.39. The second kappa shape index (κ2) is 7.87. The van der Waals surface area contributed by atoms with Gasteiger partial charge in [-0.3, -0.25) is 9.59 Å². The van der Waals surface area contributed by atoms with Crippen molar-refractivity contribution in [2.24, 2.45) is 11.3 Å². The molecule has 0 aromatic heterocycles. The van der Waals surface area contributed by atoms with Gasteiger partial charge in [0, 0.05) is 37.0 Å². The van der Waals surface area contributed by atoms with Crippen LogP contribution in [0.25, 0.3) is 0 Å². The number of nitrogens with one attached hydrogen (secondary N) is 1. The first kappa shape index (κ1) is 18.3. The Kier molecular flexibility index (Phi) is 5.33. The lowest BCUT2D eigenvalue weighted by molar-refractivity contribution is -0.134. The van der Waals surface area contributed by atoms with Crippen LogP contribution in [0.15, 0.2) is 42.1 Å². The normalized spacial score (nSPS) is 25.0. The zero-order valence-corrected chi connectivity index (χ0v) is 16.1. The summed E-state index contributed by atoms with van der Waals surface area (Å²) < 4.78 is 0. The Morgan fingerprint density at radius 2 is 2.00 bits per heavy atom. The highest BCUT2D eigenvalue weighted by Crippen LogP contribution is 2.47. The van der Waals surface area contributed by atoms with Crippen molar-refractivity contribution >= 4 is 11.8 Å². The minimum Gasteiger partial charge on any atom is -0.355 e. The molecule has 3 aliphatic rings. The van der Waals surface area contributed by atoms with E-state index in [1.165, 1.54) is 24.1 Å². The first-order valence-electron chi connectivity index (χ1n) is 10.5. The average Bonchev–Trinajstić information content (AvgIpc) is 3.52. The number of likely N-dealkylation sites (tertiary alicyclic amines) is 1. The van der Waals surface area contributed by atoms with Crippen molar-refractivity contribution in [3.8, 4) is 0 Å². The fraction of sp³-hybridized carbons (Fsp3) is 0.565. The zero-order chi connectivity index (χ0) is 18.7. The Bertz CT molecular complexity index is 723. The number of allylic oxidation sites excluding steroid dienone is 1. The van der Waals surface area contributed by atoms with E-state index < -0.39 is 0 Å². The first-order valence-corrected chi connectivity index (χ1v) is 10.5. The summed E-state index contributed by atoms with van der Waals surface area (Å²) in [6.07, 6.45) is 10.8. The summed E-state index contributed by atoms with van der Waals surface area (Å²) in [5, 5.41) is 3.20. The highest BCUT2D eigenvalue weighted by molar-refractivity contribution is 5.80. The van der Waals surface area contributed by atoms with Crippen LogP contribution in [0.4, 0.5) is 0 Å². The van der Waals surface area contributed by atoms with E-state index in [9.17, 15) is 9.59 Å². The lowest BCUT2D eigenvalue weighted by Crippen LogP contribution is -2.51. The SMILES string of the molecule is O=C(CCc1ccccc1)NCC12CCCC=C1N(CC1CC1)C(=O)CC2. The van der Waals surface area contributed by atoms with E-state index in [-0.39, 0.29) is 17.2 Å². The van der Waals surface area contributed by atoms with Crippen LogP contribution in [0.2, 0.25) is 0 Å². The van der Waals surface area contributed by atoms with Crippen LogP contribution in [0.1, 0.15) is 56.9 Å². The molecule has 1 N–H and O–H groups in total. The molecule has 1 saturated heterocycles. The minimum absolute atomic E-state index is 0.0382. The summed E-state index contributed by atoms with van der Waals surface area (Å²) >= 11 is 0. The van der Waals surface area contributed by atoms with Crippen LogP contribution in [0, 0.1) is 11.3 Å². The Labute approximate surface area is 162 Å². The van der Waals surface area contributed by atoms with E-state index in [2.05, 4.69) is 28.4 Å². The van der Waals surface area contributed by atoms with Gasteiger partial charge in [0.25, 0.3) is 0 Å². The predicted molar refractivity (Wildman–Crippen MR) is 106 cm³/mol. The van der Waals surface area contributed by atoms with Gasteiger partial charge in [-0.1, -0.05) is 36.4 Å². The maximum absolute atomic E-state index is 12.5. The van der Waals surface area contributed by atoms with Gasteiger partial charge in [0.05, 0.1) is 0 Å². The van der Waals surface area contributed by atoms with Gasteiger partial charge < -0.3 is 10.2 Å². The van der Waals surface area contributed by atoms with Gasteiger partial charge in [0.15, 0.2) is 0 Å². The molecule has 1 aromatic carbocycles. The number of hydrogen-bond donors (Lipinski definition) is 1. The van der Waals surface area contributed by atoms with Gasteiger partial charge in [0.2, 0.25) is 11.8 Å². The quantitative estimate of drug-likeness (QED) is 0.797. The maximum Gasteiger partial charge on any atom is 0.226 e. The van der Waals surface area contributed by atoms with Gasteiger partial charge in [-0.2, -0.15) is 0 Å². The number of aryl methyl sites for hydroxylation is 1. The summed E-state index contributed by atoms with van der Waals surface area (Å²) in [7, 11) is 0. The van der Waals surface area contributed by atoms with Crippen LogP contribution in [0.3, 0.4) is 0 Å². The summed E-state index contributed by atoms with van der Waals surface area (Å²) in [5.74, 6) is 1.08. The Morgan fingerprint density at radius 1 is 1.19 bits per heavy atom. The highest BCUT2D eigenvalue weighted by Gasteiger charge is 2.45. The molecule has 2 amide bonds. The summed E-state index contributed by atoms with van der Waals surface area (Å²) in [4.78, 5) is 27.1. The molecule has 27 heavy (non-hydrogen) atoms. The molecule has 2 aliphatic carbocycles. The predicted octanol–water partition coefficient (Wildman–Crippen LogP) is 3.82. The minimum atomic E-state index is -0.0382. The van der Waals surface area contributed by atoms with Crippen molar-refractivity contribution in [3.05, 3.63) is 47.7 Å². The molecule has 1 atom stereocenters. The fourth-order valence-electron chi connectivity index (χ4n) is 4.57. The second-order valence-corrected chi connectivity index (χ2v) is 8.47. The molecule has 1 saturated carbocycles. The number of fused-ring (bicyclic) bond motifs is 1. The number of hydrogen-bond acceptors (Lipinski definition) is 2. The fourth-order valence-corrected chi connectivity index (χ4v) is 4.57. The van der Waals surface area contributed by atoms with Gasteiger partial charge in [0.1, 0.15) is 0 Å². The van der Waals surface area contributed by atoms with E-state index >= 15 is 0 Å². The third-order valence-electron chi connectivity index (χ3n) is 6.39. The average molecular weight is 367 g/mol. The Balaban J connectivity index is 1.38. The molecular weight excluding hydrogens is 336 g/mol. The van der Waals surface area contributed by atoms with Gasteiger partial charge >= 0.3 is 0 Å². The standard InChI is InChI=1S/C23H30N2O2/c26-21(12-11-18-6-2-1-3-7-18)24-17-23-14-5-4-8-20(23)25(16-19-9-10-19)22(27)13-15-23/h1-3,6-8,19H,4-5,9-17H2,(H,24,26). The van der Waals surface area contributed by atoms with E-state index in [0.717, 1.165) is 38.6 Å². The first-order chi connectivity index (χ1) is 13.2. The van der Waals surface area contributed by atoms with Crippen LogP contribution in [0.5, 0.6) is 0 Å². The number of piperidine rings is 1. The summed E-state index contributed by atoms with van der Waals surface area (Å²) in [5.41, 5.74) is 2.37. The topological polar surface area (TPSA) is 49.4 Å². The molecule has 144 valence electrons. The van der Waals surface area contributed by atoms with Gasteiger partial charge in [-0.05, 0) is 56.4 Å². The van der Waals surface area contributed by atoms with Crippen molar-refractivity contribution in [2.45, 2.75) is 57.8 Å². The molecular formula is C23H30N2O2. The van der Waals surface area contributed by atoms with E-state index in [0.29, 0.717) is 25.3 Å². The van der Waals surface area contributed by atoms with Gasteiger partial charge in [-0.15, -0.1) is 0 Å². The lowest BCUT2D eigenvalue weighted by atomic mass is 9.69. The Hall–Kier alpha value is -2.10. The lowest BCUT2D eigenvalue weighted by Gasteiger charge is -2.47. The molecule has 1 aromatic rings. The van der Waals surface area contributed by atoms with Crippen molar-refractivity contribution in [2.75, 3.05) is 13.1 Å². The van der Waals surface area contributed by atoms with Crippen molar-refractivity contribution in [1.29, 1.82) is 0 Å². The molecule has 1 aliphatic heterocycles.